The lowest BCUT2D eigenvalue weighted by molar-refractivity contribution is -0.149. The van der Waals surface area contributed by atoms with Crippen molar-refractivity contribution in [3.05, 3.63) is 0 Å². The molecular formula is C11H18O4. The van der Waals surface area contributed by atoms with E-state index in [2.05, 4.69) is 6.92 Å². The van der Waals surface area contributed by atoms with Crippen molar-refractivity contribution in [2.45, 2.75) is 45.0 Å². The molecule has 4 heteroatoms. The van der Waals surface area contributed by atoms with Crippen LogP contribution in [0, 0.1) is 5.92 Å². The van der Waals surface area contributed by atoms with E-state index < -0.39 is 0 Å². The summed E-state index contributed by atoms with van der Waals surface area (Å²) < 4.78 is 16.3. The number of esters is 1. The van der Waals surface area contributed by atoms with Crippen LogP contribution in [-0.2, 0) is 19.0 Å². The molecular weight excluding hydrogens is 196 g/mol. The predicted molar refractivity (Wildman–Crippen MR) is 53.4 cm³/mol. The van der Waals surface area contributed by atoms with Crippen LogP contribution in [0.4, 0.5) is 0 Å². The average Bonchev–Trinajstić information content (AvgIpc) is 2.43. The van der Waals surface area contributed by atoms with Gasteiger partial charge in [-0.05, 0) is 6.92 Å². The highest BCUT2D eigenvalue weighted by Crippen LogP contribution is 2.34. The maximum Gasteiger partial charge on any atom is 0.308 e. The summed E-state index contributed by atoms with van der Waals surface area (Å²) in [5, 5.41) is 0. The molecule has 0 aliphatic carbocycles. The molecule has 0 aromatic heterocycles. The van der Waals surface area contributed by atoms with Crippen LogP contribution in [0.15, 0.2) is 0 Å². The first-order valence-corrected chi connectivity index (χ1v) is 5.63. The van der Waals surface area contributed by atoms with Gasteiger partial charge in [-0.15, -0.1) is 0 Å². The zero-order valence-corrected chi connectivity index (χ0v) is 9.27. The Labute approximate surface area is 89.9 Å². The summed E-state index contributed by atoms with van der Waals surface area (Å²) in [6, 6.07) is 0. The highest BCUT2D eigenvalue weighted by molar-refractivity contribution is 5.69. The van der Waals surface area contributed by atoms with E-state index in [1.807, 2.05) is 6.92 Å². The number of hydrogen-bond acceptors (Lipinski definition) is 4. The van der Waals surface area contributed by atoms with Crippen molar-refractivity contribution in [3.8, 4) is 0 Å². The van der Waals surface area contributed by atoms with Crippen molar-refractivity contribution in [1.82, 2.24) is 0 Å². The van der Waals surface area contributed by atoms with Crippen LogP contribution in [0.25, 0.3) is 0 Å². The lowest BCUT2D eigenvalue weighted by Crippen LogP contribution is -2.38. The second-order valence-corrected chi connectivity index (χ2v) is 4.27. The number of carbonyl (C=O) groups excluding carboxylic acids is 1. The van der Waals surface area contributed by atoms with E-state index in [9.17, 15) is 4.79 Å². The lowest BCUT2D eigenvalue weighted by atomic mass is 9.92. The van der Waals surface area contributed by atoms with Crippen molar-refractivity contribution in [2.24, 2.45) is 5.92 Å². The summed E-state index contributed by atoms with van der Waals surface area (Å²) in [5.41, 5.74) is 0. The number of carbonyl (C=O) groups is 1. The normalized spacial score (nSPS) is 39.1. The van der Waals surface area contributed by atoms with E-state index in [1.54, 1.807) is 0 Å². The van der Waals surface area contributed by atoms with Gasteiger partial charge in [0.1, 0.15) is 0 Å². The first-order valence-electron chi connectivity index (χ1n) is 5.63. The van der Waals surface area contributed by atoms with Crippen LogP contribution >= 0.6 is 0 Å². The molecule has 2 aliphatic rings. The zero-order valence-electron chi connectivity index (χ0n) is 9.27. The Hall–Kier alpha value is -0.610. The first kappa shape index (κ1) is 10.9. The minimum atomic E-state index is -0.170. The third kappa shape index (κ3) is 2.32. The van der Waals surface area contributed by atoms with Gasteiger partial charge in [0, 0.05) is 12.3 Å². The van der Waals surface area contributed by atoms with Gasteiger partial charge in [0.15, 0.2) is 0 Å². The Morgan fingerprint density at radius 1 is 1.47 bits per heavy atom. The predicted octanol–water partition coefficient (Wildman–Crippen LogP) is 1.13. The lowest BCUT2D eigenvalue weighted by Gasteiger charge is -2.31. The Balaban J connectivity index is 1.84. The van der Waals surface area contributed by atoms with Crippen molar-refractivity contribution in [3.63, 3.8) is 0 Å². The van der Waals surface area contributed by atoms with Gasteiger partial charge in [0.25, 0.3) is 0 Å². The smallest absolute Gasteiger partial charge is 0.308 e. The van der Waals surface area contributed by atoms with Crippen molar-refractivity contribution in [2.75, 3.05) is 13.2 Å². The fraction of sp³-hybridized carbons (Fsp3) is 0.909. The molecule has 4 atom stereocenters. The Bertz CT molecular complexity index is 227. The van der Waals surface area contributed by atoms with E-state index in [-0.39, 0.29) is 24.3 Å². The minimum absolute atomic E-state index is 0.0160. The Morgan fingerprint density at radius 3 is 2.93 bits per heavy atom. The summed E-state index contributed by atoms with van der Waals surface area (Å²) >= 11 is 0. The number of rotatable bonds is 3. The van der Waals surface area contributed by atoms with E-state index in [4.69, 9.17) is 14.2 Å². The maximum absolute atomic E-state index is 11.3. The van der Waals surface area contributed by atoms with E-state index in [1.165, 1.54) is 0 Å². The molecule has 86 valence electrons. The van der Waals surface area contributed by atoms with Crippen LogP contribution in [-0.4, -0.2) is 37.5 Å². The molecule has 0 amide bonds. The van der Waals surface area contributed by atoms with Crippen LogP contribution in [0.1, 0.15) is 26.7 Å². The molecule has 0 aromatic rings. The molecule has 2 aliphatic heterocycles. The summed E-state index contributed by atoms with van der Waals surface area (Å²) in [7, 11) is 0. The van der Waals surface area contributed by atoms with Gasteiger partial charge in [-0.3, -0.25) is 4.79 Å². The van der Waals surface area contributed by atoms with Gasteiger partial charge >= 0.3 is 5.97 Å². The van der Waals surface area contributed by atoms with Crippen LogP contribution in [0.3, 0.4) is 0 Å². The van der Waals surface area contributed by atoms with Crippen molar-refractivity contribution in [1.29, 1.82) is 0 Å². The van der Waals surface area contributed by atoms with Gasteiger partial charge in [-0.1, -0.05) is 6.92 Å². The fourth-order valence-corrected chi connectivity index (χ4v) is 2.31. The first-order chi connectivity index (χ1) is 7.20. The number of fused-ring (bicyclic) bond motifs is 2. The largest absolute Gasteiger partial charge is 0.466 e. The number of hydrogen-bond donors (Lipinski definition) is 0. The van der Waals surface area contributed by atoms with Crippen molar-refractivity contribution < 1.29 is 19.0 Å². The van der Waals surface area contributed by atoms with Crippen molar-refractivity contribution >= 4 is 5.97 Å². The zero-order chi connectivity index (χ0) is 10.8. The molecule has 4 nitrogen and oxygen atoms in total. The Kier molecular flexibility index (Phi) is 3.26. The van der Waals surface area contributed by atoms with Crippen LogP contribution in [0.5, 0.6) is 0 Å². The Morgan fingerprint density at radius 2 is 2.27 bits per heavy atom. The van der Waals surface area contributed by atoms with E-state index >= 15 is 0 Å². The molecule has 0 aromatic carbocycles. The second kappa shape index (κ2) is 4.49. The molecule has 0 N–H and O–H groups in total. The molecule has 2 bridgehead atoms. The summed E-state index contributed by atoms with van der Waals surface area (Å²) in [5.74, 6) is 0.292. The topological polar surface area (TPSA) is 44.8 Å². The molecule has 0 radical (unpaired) electrons. The molecule has 0 saturated carbocycles. The molecule has 2 saturated heterocycles. The molecule has 2 fully saturated rings. The van der Waals surface area contributed by atoms with E-state index in [0.29, 0.717) is 25.6 Å². The fourth-order valence-electron chi connectivity index (χ4n) is 2.31. The third-order valence-corrected chi connectivity index (χ3v) is 3.21. The highest BCUT2D eigenvalue weighted by atomic mass is 16.6. The molecule has 2 rings (SSSR count). The quantitative estimate of drug-likeness (QED) is 0.661. The third-order valence-electron chi connectivity index (χ3n) is 3.21. The second-order valence-electron chi connectivity index (χ2n) is 4.27. The average molecular weight is 214 g/mol. The number of ether oxygens (including phenoxy) is 3. The molecule has 15 heavy (non-hydrogen) atoms. The molecule has 1 unspecified atom stereocenters. The van der Waals surface area contributed by atoms with E-state index in [0.717, 1.165) is 6.42 Å². The highest BCUT2D eigenvalue weighted by Gasteiger charge is 2.42. The molecule has 2 heterocycles. The van der Waals surface area contributed by atoms with Gasteiger partial charge in [0.2, 0.25) is 0 Å². The van der Waals surface area contributed by atoms with Gasteiger partial charge in [0.05, 0.1) is 37.9 Å². The summed E-state index contributed by atoms with van der Waals surface area (Å²) in [6.07, 6.45) is 1.59. The monoisotopic (exact) mass is 214 g/mol. The summed E-state index contributed by atoms with van der Waals surface area (Å²) in [4.78, 5) is 11.3. The maximum atomic E-state index is 11.3. The minimum Gasteiger partial charge on any atom is -0.466 e. The summed E-state index contributed by atoms with van der Waals surface area (Å²) in [6.45, 7) is 5.06. The van der Waals surface area contributed by atoms with Gasteiger partial charge in [-0.25, -0.2) is 0 Å². The molecule has 0 spiro atoms. The standard InChI is InChI=1S/C11H18O4/c1-3-13-11(12)5-8-4-9-7(2)10(15-8)6-14-9/h7-10H,3-6H2,1-2H3/t7?,8-,9-,10-/m0/s1. The SMILES string of the molecule is CCOC(=O)C[C@@H]1C[C@@H]2OC[C@H](O1)C2C. The van der Waals surface area contributed by atoms with Gasteiger partial charge < -0.3 is 14.2 Å². The van der Waals surface area contributed by atoms with Crippen LogP contribution in [0.2, 0.25) is 0 Å². The van der Waals surface area contributed by atoms with Crippen LogP contribution < -0.4 is 0 Å². The van der Waals surface area contributed by atoms with Gasteiger partial charge in [-0.2, -0.15) is 0 Å².